The van der Waals surface area contributed by atoms with E-state index < -0.39 is 15.8 Å². The number of methoxy groups -OCH3 is 1. The minimum Gasteiger partial charge on any atom is -0.495 e. The van der Waals surface area contributed by atoms with Crippen LogP contribution >= 0.6 is 11.3 Å². The lowest BCUT2D eigenvalue weighted by atomic mass is 10.1. The number of hydrogen-bond acceptors (Lipinski definition) is 9. The molecule has 3 heterocycles. The van der Waals surface area contributed by atoms with Crippen molar-refractivity contribution < 1.29 is 17.5 Å². The van der Waals surface area contributed by atoms with Gasteiger partial charge in [0.2, 0.25) is 5.95 Å². The molecule has 0 aliphatic heterocycles. The minimum atomic E-state index is -4.13. The zero-order valence-electron chi connectivity index (χ0n) is 19.1. The van der Waals surface area contributed by atoms with Crippen molar-refractivity contribution in [1.82, 2.24) is 19.9 Å². The van der Waals surface area contributed by atoms with Crippen LogP contribution in [-0.4, -0.2) is 35.5 Å². The first kappa shape index (κ1) is 23.6. The third kappa shape index (κ3) is 4.43. The van der Waals surface area contributed by atoms with Gasteiger partial charge >= 0.3 is 0 Å². The van der Waals surface area contributed by atoms with Gasteiger partial charge in [-0.25, -0.2) is 32.7 Å². The second-order valence-electron chi connectivity index (χ2n) is 7.78. The maximum Gasteiger partial charge on any atom is 0.265 e. The van der Waals surface area contributed by atoms with Gasteiger partial charge in [-0.3, -0.25) is 4.72 Å². The van der Waals surface area contributed by atoms with E-state index in [1.165, 1.54) is 24.5 Å². The molecule has 0 aliphatic rings. The van der Waals surface area contributed by atoms with Gasteiger partial charge in [0.25, 0.3) is 10.0 Å². The summed E-state index contributed by atoms with van der Waals surface area (Å²) < 4.78 is 47.6. The van der Waals surface area contributed by atoms with Crippen LogP contribution in [0.25, 0.3) is 32.0 Å². The lowest BCUT2D eigenvalue weighted by molar-refractivity contribution is 0.401. The molecule has 0 saturated heterocycles. The first-order chi connectivity index (χ1) is 17.2. The van der Waals surface area contributed by atoms with Crippen LogP contribution in [0.3, 0.4) is 0 Å². The average Bonchev–Trinajstić information content (AvgIpc) is 3.29. The maximum atomic E-state index is 13.8. The van der Waals surface area contributed by atoms with Gasteiger partial charge in [0.05, 0.1) is 12.8 Å². The van der Waals surface area contributed by atoms with Gasteiger partial charge in [-0.2, -0.15) is 0 Å². The molecule has 3 N–H and O–H groups in total. The standard InChI is InChI=1S/C24H19FN6O3S2/c1-13-17(4-3-5-18(13)31-36(32,33)21-9-16(25)6-7-20(21)34-2)22-30-19-8-14(10-27-23(19)35-22)15-11-28-24(26)29-12-15/h3-12,31H,1-2H3,(H2,26,28,29). The van der Waals surface area contributed by atoms with Crippen molar-refractivity contribution >= 4 is 43.3 Å². The number of anilines is 2. The van der Waals surface area contributed by atoms with E-state index >= 15 is 0 Å². The molecule has 182 valence electrons. The number of pyridine rings is 1. The van der Waals surface area contributed by atoms with Crippen LogP contribution < -0.4 is 15.2 Å². The summed E-state index contributed by atoms with van der Waals surface area (Å²) in [7, 11) is -2.80. The van der Waals surface area contributed by atoms with Crippen LogP contribution in [0.4, 0.5) is 16.0 Å². The van der Waals surface area contributed by atoms with Crippen LogP contribution in [0, 0.1) is 12.7 Å². The number of nitrogen functional groups attached to an aromatic ring is 1. The molecule has 5 rings (SSSR count). The molecule has 0 amide bonds. The molecule has 0 unspecified atom stereocenters. The lowest BCUT2D eigenvalue weighted by Crippen LogP contribution is -2.15. The Morgan fingerprint density at radius 1 is 1.03 bits per heavy atom. The van der Waals surface area contributed by atoms with Gasteiger partial charge in [-0.15, -0.1) is 0 Å². The van der Waals surface area contributed by atoms with E-state index in [4.69, 9.17) is 15.5 Å². The normalized spacial score (nSPS) is 11.5. The molecule has 12 heteroatoms. The van der Waals surface area contributed by atoms with Crippen LogP contribution in [0.2, 0.25) is 0 Å². The summed E-state index contributed by atoms with van der Waals surface area (Å²) in [6.45, 7) is 1.78. The van der Waals surface area contributed by atoms with Gasteiger partial charge in [0.1, 0.15) is 31.8 Å². The highest BCUT2D eigenvalue weighted by molar-refractivity contribution is 7.92. The van der Waals surface area contributed by atoms with E-state index in [0.29, 0.717) is 21.8 Å². The number of rotatable bonds is 6. The number of nitrogens with two attached hydrogens (primary N) is 1. The van der Waals surface area contributed by atoms with Crippen molar-refractivity contribution in [3.8, 4) is 27.4 Å². The Balaban J connectivity index is 1.50. The molecule has 9 nitrogen and oxygen atoms in total. The van der Waals surface area contributed by atoms with Crippen molar-refractivity contribution in [2.45, 2.75) is 11.8 Å². The highest BCUT2D eigenvalue weighted by atomic mass is 32.2. The fourth-order valence-corrected chi connectivity index (χ4v) is 5.90. The number of halogens is 1. The molecular formula is C24H19FN6O3S2. The van der Waals surface area contributed by atoms with Crippen molar-refractivity contribution in [2.24, 2.45) is 0 Å². The predicted octanol–water partition coefficient (Wildman–Crippen LogP) is 4.65. The number of benzene rings is 2. The fraction of sp³-hybridized carbons (Fsp3) is 0.0833. The molecule has 0 aliphatic carbocycles. The number of aromatic nitrogens is 4. The van der Waals surface area contributed by atoms with Crippen LogP contribution in [0.15, 0.2) is 66.0 Å². The summed E-state index contributed by atoms with van der Waals surface area (Å²) in [6, 6.07) is 10.4. The second kappa shape index (κ2) is 9.13. The molecule has 2 aromatic carbocycles. The highest BCUT2D eigenvalue weighted by Gasteiger charge is 2.22. The molecule has 0 fully saturated rings. The van der Waals surface area contributed by atoms with E-state index in [1.807, 2.05) is 12.1 Å². The number of thiazole rings is 1. The van der Waals surface area contributed by atoms with E-state index in [0.717, 1.165) is 33.7 Å². The Hall–Kier alpha value is -4.16. The zero-order chi connectivity index (χ0) is 25.4. The SMILES string of the molecule is COc1ccc(F)cc1S(=O)(=O)Nc1cccc(-c2nc3cc(-c4cnc(N)nc4)cnc3s2)c1C. The number of nitrogens with one attached hydrogen (secondary N) is 1. The summed E-state index contributed by atoms with van der Waals surface area (Å²) >= 11 is 1.38. The molecule has 36 heavy (non-hydrogen) atoms. The summed E-state index contributed by atoms with van der Waals surface area (Å²) in [5.41, 5.74) is 9.53. The molecule has 0 bridgehead atoms. The van der Waals surface area contributed by atoms with Crippen molar-refractivity contribution in [2.75, 3.05) is 17.6 Å². The smallest absolute Gasteiger partial charge is 0.265 e. The molecule has 0 spiro atoms. The Bertz CT molecular complexity index is 1710. The fourth-order valence-electron chi connectivity index (χ4n) is 3.62. The van der Waals surface area contributed by atoms with E-state index in [2.05, 4.69) is 19.7 Å². The molecule has 3 aromatic heterocycles. The topological polar surface area (TPSA) is 133 Å². The third-order valence-electron chi connectivity index (χ3n) is 5.48. The van der Waals surface area contributed by atoms with E-state index in [1.54, 1.807) is 37.6 Å². The summed E-state index contributed by atoms with van der Waals surface area (Å²) in [5.74, 6) is -0.462. The van der Waals surface area contributed by atoms with Crippen molar-refractivity contribution in [3.63, 3.8) is 0 Å². The lowest BCUT2D eigenvalue weighted by Gasteiger charge is -2.14. The largest absolute Gasteiger partial charge is 0.495 e. The number of nitrogens with zero attached hydrogens (tertiary/aromatic N) is 4. The van der Waals surface area contributed by atoms with E-state index in [9.17, 15) is 12.8 Å². The second-order valence-corrected chi connectivity index (χ2v) is 10.4. The summed E-state index contributed by atoms with van der Waals surface area (Å²) in [5, 5.41) is 0.671. The average molecular weight is 523 g/mol. The minimum absolute atomic E-state index is 0.0391. The Kier molecular flexibility index (Phi) is 5.98. The van der Waals surface area contributed by atoms with Crippen molar-refractivity contribution in [1.29, 1.82) is 0 Å². The Labute approximate surface area is 209 Å². The summed E-state index contributed by atoms with van der Waals surface area (Å²) in [4.78, 5) is 17.7. The van der Waals surface area contributed by atoms with Crippen molar-refractivity contribution in [3.05, 3.63) is 72.4 Å². The quantitative estimate of drug-likeness (QED) is 0.329. The van der Waals surface area contributed by atoms with Gasteiger partial charge in [0.15, 0.2) is 0 Å². The molecule has 0 atom stereocenters. The Morgan fingerprint density at radius 3 is 2.53 bits per heavy atom. The third-order valence-corrected chi connectivity index (χ3v) is 7.88. The predicted molar refractivity (Wildman–Crippen MR) is 137 cm³/mol. The number of fused-ring (bicyclic) bond motifs is 1. The van der Waals surface area contributed by atoms with Gasteiger partial charge in [-0.1, -0.05) is 23.5 Å². The van der Waals surface area contributed by atoms with Crippen LogP contribution in [0.5, 0.6) is 5.75 Å². The highest BCUT2D eigenvalue weighted by Crippen LogP contribution is 2.36. The van der Waals surface area contributed by atoms with E-state index in [-0.39, 0.29) is 16.6 Å². The first-order valence-electron chi connectivity index (χ1n) is 10.6. The molecule has 0 saturated carbocycles. The monoisotopic (exact) mass is 522 g/mol. The van der Waals surface area contributed by atoms with Gasteiger partial charge < -0.3 is 10.5 Å². The van der Waals surface area contributed by atoms with Gasteiger partial charge in [0, 0.05) is 35.3 Å². The summed E-state index contributed by atoms with van der Waals surface area (Å²) in [6.07, 6.45) is 4.94. The van der Waals surface area contributed by atoms with Crippen LogP contribution in [-0.2, 0) is 10.0 Å². The van der Waals surface area contributed by atoms with Crippen LogP contribution in [0.1, 0.15) is 5.56 Å². The number of sulfonamides is 1. The Morgan fingerprint density at radius 2 is 1.78 bits per heavy atom. The van der Waals surface area contributed by atoms with Gasteiger partial charge in [-0.05, 0) is 42.8 Å². The molecular weight excluding hydrogens is 503 g/mol. The maximum absolute atomic E-state index is 13.8. The first-order valence-corrected chi connectivity index (χ1v) is 12.9. The molecule has 0 radical (unpaired) electrons. The number of hydrogen-bond donors (Lipinski definition) is 2. The zero-order valence-corrected chi connectivity index (χ0v) is 20.7. The molecule has 5 aromatic rings. The number of ether oxygens (including phenoxy) is 1.